The maximum absolute atomic E-state index is 10.6. The maximum Gasteiger partial charge on any atom is 0.150 e. The van der Waals surface area contributed by atoms with Crippen molar-refractivity contribution in [2.45, 2.75) is 26.7 Å². The van der Waals surface area contributed by atoms with Crippen LogP contribution in [0.4, 0.5) is 0 Å². The number of hydrogen-bond acceptors (Lipinski definition) is 2. The standard InChI is InChI=1S/C11H15NO/c1-9(2)3-4-10-7-12-6-5-11(10)8-13/h5-9H,3-4H2,1-2H3. The number of hydrogen-bond donors (Lipinski definition) is 0. The zero-order valence-electron chi connectivity index (χ0n) is 8.16. The summed E-state index contributed by atoms with van der Waals surface area (Å²) < 4.78 is 0. The predicted molar refractivity (Wildman–Crippen MR) is 52.8 cm³/mol. The number of rotatable bonds is 4. The molecule has 0 atom stereocenters. The van der Waals surface area contributed by atoms with Gasteiger partial charge in [0.05, 0.1) is 0 Å². The van der Waals surface area contributed by atoms with Gasteiger partial charge in [0.2, 0.25) is 0 Å². The third kappa shape index (κ3) is 2.98. The van der Waals surface area contributed by atoms with Gasteiger partial charge in [-0.05, 0) is 30.4 Å². The van der Waals surface area contributed by atoms with Crippen molar-refractivity contribution in [1.82, 2.24) is 4.98 Å². The third-order valence-electron chi connectivity index (χ3n) is 2.06. The van der Waals surface area contributed by atoms with E-state index < -0.39 is 0 Å². The Labute approximate surface area is 79.0 Å². The number of carbonyl (C=O) groups is 1. The largest absolute Gasteiger partial charge is 0.298 e. The molecule has 1 aromatic rings. The smallest absolute Gasteiger partial charge is 0.150 e. The van der Waals surface area contributed by atoms with Crippen LogP contribution >= 0.6 is 0 Å². The van der Waals surface area contributed by atoms with Gasteiger partial charge in [0.1, 0.15) is 6.29 Å². The molecular weight excluding hydrogens is 162 g/mol. The second-order valence-electron chi connectivity index (χ2n) is 3.62. The molecule has 0 N–H and O–H groups in total. The zero-order valence-corrected chi connectivity index (χ0v) is 8.16. The molecule has 0 aliphatic carbocycles. The first kappa shape index (κ1) is 9.90. The van der Waals surface area contributed by atoms with E-state index in [1.54, 1.807) is 18.5 Å². The van der Waals surface area contributed by atoms with E-state index in [2.05, 4.69) is 18.8 Å². The molecule has 0 saturated carbocycles. The van der Waals surface area contributed by atoms with Gasteiger partial charge < -0.3 is 0 Å². The third-order valence-corrected chi connectivity index (χ3v) is 2.06. The highest BCUT2D eigenvalue weighted by Gasteiger charge is 2.02. The lowest BCUT2D eigenvalue weighted by Crippen LogP contribution is -1.97. The number of carbonyl (C=O) groups excluding carboxylic acids is 1. The van der Waals surface area contributed by atoms with Crippen molar-refractivity contribution in [2.75, 3.05) is 0 Å². The highest BCUT2D eigenvalue weighted by atomic mass is 16.1. The first-order chi connectivity index (χ1) is 6.24. The number of aryl methyl sites for hydroxylation is 1. The van der Waals surface area contributed by atoms with Crippen LogP contribution in [0.5, 0.6) is 0 Å². The minimum atomic E-state index is 0.666. The summed E-state index contributed by atoms with van der Waals surface area (Å²) in [5, 5.41) is 0. The van der Waals surface area contributed by atoms with Gasteiger partial charge in [-0.25, -0.2) is 0 Å². The summed E-state index contributed by atoms with van der Waals surface area (Å²) in [6, 6.07) is 1.77. The number of nitrogens with zero attached hydrogens (tertiary/aromatic N) is 1. The van der Waals surface area contributed by atoms with Gasteiger partial charge in [0, 0.05) is 18.0 Å². The van der Waals surface area contributed by atoms with Crippen LogP contribution in [0.25, 0.3) is 0 Å². The summed E-state index contributed by atoms with van der Waals surface area (Å²) in [6.45, 7) is 4.36. The van der Waals surface area contributed by atoms with Crippen LogP contribution in [0.2, 0.25) is 0 Å². The van der Waals surface area contributed by atoms with Crippen LogP contribution in [-0.2, 0) is 6.42 Å². The second-order valence-corrected chi connectivity index (χ2v) is 3.62. The van der Waals surface area contributed by atoms with Crippen molar-refractivity contribution >= 4 is 6.29 Å². The Balaban J connectivity index is 2.69. The first-order valence-corrected chi connectivity index (χ1v) is 4.62. The van der Waals surface area contributed by atoms with Crippen molar-refractivity contribution in [3.05, 3.63) is 29.6 Å². The van der Waals surface area contributed by atoms with Gasteiger partial charge in [0.15, 0.2) is 0 Å². The van der Waals surface area contributed by atoms with Crippen LogP contribution < -0.4 is 0 Å². The molecule has 1 rings (SSSR count). The second kappa shape index (κ2) is 4.75. The van der Waals surface area contributed by atoms with Crippen LogP contribution in [0, 0.1) is 5.92 Å². The van der Waals surface area contributed by atoms with Crippen LogP contribution in [0.1, 0.15) is 36.2 Å². The lowest BCUT2D eigenvalue weighted by molar-refractivity contribution is 0.112. The first-order valence-electron chi connectivity index (χ1n) is 4.62. The van der Waals surface area contributed by atoms with Crippen molar-refractivity contribution < 1.29 is 4.79 Å². The summed E-state index contributed by atoms with van der Waals surface area (Å²) >= 11 is 0. The molecule has 0 radical (unpaired) electrons. The van der Waals surface area contributed by atoms with Crippen LogP contribution in [-0.4, -0.2) is 11.3 Å². The summed E-state index contributed by atoms with van der Waals surface area (Å²) in [4.78, 5) is 14.7. The minimum absolute atomic E-state index is 0.666. The molecule has 0 aliphatic rings. The van der Waals surface area contributed by atoms with E-state index in [0.29, 0.717) is 5.92 Å². The van der Waals surface area contributed by atoms with E-state index in [-0.39, 0.29) is 0 Å². The highest BCUT2D eigenvalue weighted by Crippen LogP contribution is 2.10. The van der Waals surface area contributed by atoms with Crippen molar-refractivity contribution in [2.24, 2.45) is 5.92 Å². The molecule has 2 nitrogen and oxygen atoms in total. The molecule has 70 valence electrons. The normalized spacial score (nSPS) is 10.4. The van der Waals surface area contributed by atoms with Crippen LogP contribution in [0.15, 0.2) is 18.5 Å². The molecule has 0 bridgehead atoms. The monoisotopic (exact) mass is 177 g/mol. The Morgan fingerprint density at radius 1 is 1.54 bits per heavy atom. The number of aldehydes is 1. The number of aromatic nitrogens is 1. The molecule has 0 saturated heterocycles. The lowest BCUT2D eigenvalue weighted by Gasteiger charge is -2.05. The number of pyridine rings is 1. The molecule has 1 heterocycles. The molecular formula is C11H15NO. The van der Waals surface area contributed by atoms with Crippen molar-refractivity contribution in [3.63, 3.8) is 0 Å². The van der Waals surface area contributed by atoms with Crippen LogP contribution in [0.3, 0.4) is 0 Å². The van der Waals surface area contributed by atoms with Crippen molar-refractivity contribution in [1.29, 1.82) is 0 Å². The summed E-state index contributed by atoms with van der Waals surface area (Å²) in [5.74, 6) is 0.666. The molecule has 13 heavy (non-hydrogen) atoms. The Morgan fingerprint density at radius 3 is 2.92 bits per heavy atom. The van der Waals surface area contributed by atoms with Gasteiger partial charge in [0.25, 0.3) is 0 Å². The highest BCUT2D eigenvalue weighted by molar-refractivity contribution is 5.76. The SMILES string of the molecule is CC(C)CCc1cnccc1C=O. The fraction of sp³-hybridized carbons (Fsp3) is 0.455. The molecule has 0 aromatic carbocycles. The average Bonchev–Trinajstić information content (AvgIpc) is 2.15. The van der Waals surface area contributed by atoms with E-state index in [0.717, 1.165) is 30.3 Å². The quantitative estimate of drug-likeness (QED) is 0.661. The molecule has 0 amide bonds. The topological polar surface area (TPSA) is 30.0 Å². The van der Waals surface area contributed by atoms with Crippen molar-refractivity contribution in [3.8, 4) is 0 Å². The zero-order chi connectivity index (χ0) is 9.68. The van der Waals surface area contributed by atoms with Gasteiger partial charge in [-0.1, -0.05) is 13.8 Å². The minimum Gasteiger partial charge on any atom is -0.298 e. The van der Waals surface area contributed by atoms with Gasteiger partial charge in [-0.15, -0.1) is 0 Å². The Morgan fingerprint density at radius 2 is 2.31 bits per heavy atom. The van der Waals surface area contributed by atoms with E-state index in [1.165, 1.54) is 0 Å². The fourth-order valence-corrected chi connectivity index (χ4v) is 1.21. The molecule has 0 spiro atoms. The Kier molecular flexibility index (Phi) is 3.62. The van der Waals surface area contributed by atoms with E-state index in [9.17, 15) is 4.79 Å². The van der Waals surface area contributed by atoms with E-state index >= 15 is 0 Å². The van der Waals surface area contributed by atoms with E-state index in [1.807, 2.05) is 0 Å². The molecule has 2 heteroatoms. The van der Waals surface area contributed by atoms with Gasteiger partial charge in [-0.3, -0.25) is 9.78 Å². The summed E-state index contributed by atoms with van der Waals surface area (Å²) in [7, 11) is 0. The Hall–Kier alpha value is -1.18. The summed E-state index contributed by atoms with van der Waals surface area (Å²) in [6.07, 6.45) is 6.39. The molecule has 0 unspecified atom stereocenters. The predicted octanol–water partition coefficient (Wildman–Crippen LogP) is 2.48. The van der Waals surface area contributed by atoms with Gasteiger partial charge >= 0.3 is 0 Å². The molecule has 0 aliphatic heterocycles. The lowest BCUT2D eigenvalue weighted by atomic mass is 10.0. The maximum atomic E-state index is 10.6. The van der Waals surface area contributed by atoms with Gasteiger partial charge in [-0.2, -0.15) is 0 Å². The average molecular weight is 177 g/mol. The van der Waals surface area contributed by atoms with E-state index in [4.69, 9.17) is 0 Å². The molecule has 1 aromatic heterocycles. The fourth-order valence-electron chi connectivity index (χ4n) is 1.21. The summed E-state index contributed by atoms with van der Waals surface area (Å²) in [5.41, 5.74) is 1.84. The molecule has 0 fully saturated rings. The Bertz CT molecular complexity index is 281.